The van der Waals surface area contributed by atoms with Crippen molar-refractivity contribution in [3.63, 3.8) is 0 Å². The van der Waals surface area contributed by atoms with Crippen LogP contribution in [0.3, 0.4) is 0 Å². The molecule has 0 amide bonds. The minimum absolute atomic E-state index is 0.136. The topological polar surface area (TPSA) is 61.0 Å². The molecule has 4 nitrogen and oxygen atoms in total. The number of rotatable bonds is 8. The van der Waals surface area contributed by atoms with Crippen LogP contribution in [-0.2, 0) is 6.67 Å². The summed E-state index contributed by atoms with van der Waals surface area (Å²) in [5.74, 6) is 0.539. The van der Waals surface area contributed by atoms with Crippen molar-refractivity contribution in [3.05, 3.63) is 41.9 Å². The number of nitrogens with two attached hydrogens (primary N) is 1. The van der Waals surface area contributed by atoms with E-state index in [1.807, 2.05) is 20.8 Å². The summed E-state index contributed by atoms with van der Waals surface area (Å²) in [6.45, 7) is 5.46. The second-order valence-corrected chi connectivity index (χ2v) is 7.15. The number of ether oxygens (including phenoxy) is 1. The van der Waals surface area contributed by atoms with E-state index in [0.29, 0.717) is 23.6 Å². The van der Waals surface area contributed by atoms with Gasteiger partial charge in [-0.15, -0.1) is 0 Å². The van der Waals surface area contributed by atoms with E-state index in [2.05, 4.69) is 9.97 Å². The molecule has 0 fully saturated rings. The van der Waals surface area contributed by atoms with Gasteiger partial charge in [0.15, 0.2) is 0 Å². The fourth-order valence-electron chi connectivity index (χ4n) is 2.79. The third-order valence-electron chi connectivity index (χ3n) is 3.76. The highest BCUT2D eigenvalue weighted by Crippen LogP contribution is 2.27. The smallest absolute Gasteiger partial charge is 0.280 e. The third-order valence-corrected chi connectivity index (χ3v) is 3.76. The minimum atomic E-state index is -2.67. The van der Waals surface area contributed by atoms with E-state index in [9.17, 15) is 13.2 Å². The lowest BCUT2D eigenvalue weighted by Crippen LogP contribution is -2.35. The number of alkyl halides is 3. The lowest BCUT2D eigenvalue weighted by atomic mass is 9.93. The normalized spacial score (nSPS) is 13.1. The van der Waals surface area contributed by atoms with Crippen molar-refractivity contribution >= 4 is 0 Å². The van der Waals surface area contributed by atoms with Crippen molar-refractivity contribution < 1.29 is 17.9 Å². The molecule has 0 radical (unpaired) electrons. The fraction of sp³-hybridized carbons (Fsp3) is 0.474. The zero-order valence-corrected chi connectivity index (χ0v) is 15.2. The molecule has 7 heteroatoms. The van der Waals surface area contributed by atoms with Crippen LogP contribution in [0.1, 0.15) is 45.0 Å². The first-order valence-corrected chi connectivity index (χ1v) is 8.41. The van der Waals surface area contributed by atoms with Crippen molar-refractivity contribution in [2.75, 3.05) is 6.61 Å². The number of aromatic nitrogens is 2. The monoisotopic (exact) mass is 367 g/mol. The first-order valence-electron chi connectivity index (χ1n) is 8.41. The number of halogens is 3. The van der Waals surface area contributed by atoms with Gasteiger partial charge in [-0.25, -0.2) is 18.2 Å². The predicted molar refractivity (Wildman–Crippen MR) is 94.8 cm³/mol. The summed E-state index contributed by atoms with van der Waals surface area (Å²) >= 11 is 0. The summed E-state index contributed by atoms with van der Waals surface area (Å²) in [7, 11) is 0. The van der Waals surface area contributed by atoms with Crippen LogP contribution < -0.4 is 10.5 Å². The van der Waals surface area contributed by atoms with Gasteiger partial charge >= 0.3 is 0 Å². The first kappa shape index (κ1) is 20.2. The van der Waals surface area contributed by atoms with E-state index in [-0.39, 0.29) is 22.8 Å². The van der Waals surface area contributed by atoms with Gasteiger partial charge in [-0.05, 0) is 50.5 Å². The van der Waals surface area contributed by atoms with Crippen LogP contribution in [0.4, 0.5) is 13.2 Å². The Balaban J connectivity index is 2.16. The van der Waals surface area contributed by atoms with Gasteiger partial charge in [-0.1, -0.05) is 6.92 Å². The summed E-state index contributed by atoms with van der Waals surface area (Å²) in [5.41, 5.74) is 6.33. The molecule has 0 saturated heterocycles. The van der Waals surface area contributed by atoms with Gasteiger partial charge in [0, 0.05) is 17.3 Å². The Bertz CT molecular complexity index is 732. The van der Waals surface area contributed by atoms with Crippen LogP contribution in [0.2, 0.25) is 0 Å². The average Bonchev–Trinajstić information content (AvgIpc) is 2.58. The predicted octanol–water partition coefficient (Wildman–Crippen LogP) is 4.69. The number of pyridine rings is 2. The van der Waals surface area contributed by atoms with E-state index < -0.39 is 13.1 Å². The molecule has 0 aliphatic rings. The van der Waals surface area contributed by atoms with Crippen LogP contribution in [0, 0.1) is 5.92 Å². The maximum absolute atomic E-state index is 13.4. The largest absolute Gasteiger partial charge is 0.491 e. The third kappa shape index (κ3) is 5.69. The van der Waals surface area contributed by atoms with Crippen LogP contribution in [0.25, 0.3) is 11.3 Å². The Morgan fingerprint density at radius 3 is 2.58 bits per heavy atom. The maximum atomic E-state index is 13.4. The Morgan fingerprint density at radius 2 is 1.96 bits per heavy atom. The van der Waals surface area contributed by atoms with E-state index in [4.69, 9.17) is 10.5 Å². The standard InChI is InChI=1S/C19H24F3N3O/c1-12(9-19(2,3)23)11-26-17-5-4-14(25-16(17)10-20)13-6-7-24-15(8-13)18(21)22/h4-8,12,18H,9-11,23H2,1-3H3/t12-/m0/s1. The number of nitrogens with zero attached hydrogens (tertiary/aromatic N) is 2. The van der Waals surface area contributed by atoms with Crippen molar-refractivity contribution in [2.24, 2.45) is 11.7 Å². The summed E-state index contributed by atoms with van der Waals surface area (Å²) in [5, 5.41) is 0. The second-order valence-electron chi connectivity index (χ2n) is 7.15. The SMILES string of the molecule is C[C@H](COc1ccc(-c2ccnc(C(F)F)c2)nc1CF)CC(C)(C)N. The van der Waals surface area contributed by atoms with Crippen LogP contribution in [-0.4, -0.2) is 22.1 Å². The molecule has 0 saturated carbocycles. The van der Waals surface area contributed by atoms with Crippen LogP contribution in [0.15, 0.2) is 30.5 Å². The molecule has 2 rings (SSSR count). The first-order chi connectivity index (χ1) is 12.2. The van der Waals surface area contributed by atoms with Gasteiger partial charge < -0.3 is 10.5 Å². The molecule has 142 valence electrons. The molecular formula is C19H24F3N3O. The molecule has 0 aliphatic carbocycles. The van der Waals surface area contributed by atoms with Crippen molar-refractivity contribution in [3.8, 4) is 17.0 Å². The molecule has 2 N–H and O–H groups in total. The molecule has 0 aliphatic heterocycles. The Morgan fingerprint density at radius 1 is 1.23 bits per heavy atom. The molecule has 0 unspecified atom stereocenters. The number of hydrogen-bond donors (Lipinski definition) is 1. The lowest BCUT2D eigenvalue weighted by Gasteiger charge is -2.23. The molecule has 2 aromatic rings. The lowest BCUT2D eigenvalue weighted by molar-refractivity contribution is 0.146. The highest BCUT2D eigenvalue weighted by Gasteiger charge is 2.17. The van der Waals surface area contributed by atoms with E-state index >= 15 is 0 Å². The molecule has 0 spiro atoms. The zero-order valence-electron chi connectivity index (χ0n) is 15.2. The second kappa shape index (κ2) is 8.49. The highest BCUT2D eigenvalue weighted by molar-refractivity contribution is 5.60. The quantitative estimate of drug-likeness (QED) is 0.735. The maximum Gasteiger partial charge on any atom is 0.280 e. The summed E-state index contributed by atoms with van der Waals surface area (Å²) < 4.78 is 44.7. The number of hydrogen-bond acceptors (Lipinski definition) is 4. The Labute approximate surface area is 151 Å². The van der Waals surface area contributed by atoms with Gasteiger partial charge in [0.2, 0.25) is 0 Å². The van der Waals surface area contributed by atoms with Gasteiger partial charge in [0.1, 0.15) is 23.8 Å². The van der Waals surface area contributed by atoms with E-state index in [1.165, 1.54) is 12.3 Å². The minimum Gasteiger partial charge on any atom is -0.491 e. The van der Waals surface area contributed by atoms with Crippen molar-refractivity contribution in [1.29, 1.82) is 0 Å². The molecule has 26 heavy (non-hydrogen) atoms. The average molecular weight is 367 g/mol. The van der Waals surface area contributed by atoms with E-state index in [1.54, 1.807) is 18.2 Å². The van der Waals surface area contributed by atoms with Gasteiger partial charge in [0.25, 0.3) is 6.43 Å². The van der Waals surface area contributed by atoms with Gasteiger partial charge in [0.05, 0.1) is 12.3 Å². The van der Waals surface area contributed by atoms with Gasteiger partial charge in [-0.2, -0.15) is 0 Å². The fourth-order valence-corrected chi connectivity index (χ4v) is 2.79. The molecular weight excluding hydrogens is 343 g/mol. The van der Waals surface area contributed by atoms with Crippen molar-refractivity contribution in [2.45, 2.75) is 45.8 Å². The molecule has 1 atom stereocenters. The van der Waals surface area contributed by atoms with Crippen LogP contribution >= 0.6 is 0 Å². The Hall–Kier alpha value is -2.15. The molecule has 2 aromatic heterocycles. The molecule has 0 bridgehead atoms. The van der Waals surface area contributed by atoms with E-state index in [0.717, 1.165) is 6.42 Å². The summed E-state index contributed by atoms with van der Waals surface area (Å²) in [4.78, 5) is 7.83. The van der Waals surface area contributed by atoms with Gasteiger partial charge in [-0.3, -0.25) is 4.98 Å². The molecule has 2 heterocycles. The molecule has 0 aromatic carbocycles. The Kier molecular flexibility index (Phi) is 6.58. The zero-order chi connectivity index (χ0) is 19.3. The van der Waals surface area contributed by atoms with Crippen molar-refractivity contribution in [1.82, 2.24) is 9.97 Å². The summed E-state index contributed by atoms with van der Waals surface area (Å²) in [6.07, 6.45) is -0.628. The van der Waals surface area contributed by atoms with Crippen LogP contribution in [0.5, 0.6) is 5.75 Å². The highest BCUT2D eigenvalue weighted by atomic mass is 19.3. The summed E-state index contributed by atoms with van der Waals surface area (Å²) in [6, 6.07) is 6.04.